The second-order valence-electron chi connectivity index (χ2n) is 11.8. The fourth-order valence-electron chi connectivity index (χ4n) is 5.36. The number of rotatable bonds is 15. The van der Waals surface area contributed by atoms with Crippen molar-refractivity contribution < 1.29 is 38.4 Å². The summed E-state index contributed by atoms with van der Waals surface area (Å²) in [4.78, 5) is 78.3. The van der Waals surface area contributed by atoms with Crippen LogP contribution in [-0.2, 0) is 38.8 Å². The lowest BCUT2D eigenvalue weighted by atomic mass is 10.0. The van der Waals surface area contributed by atoms with Gasteiger partial charge in [0.15, 0.2) is 0 Å². The van der Waals surface area contributed by atoms with Crippen LogP contribution in [0, 0.1) is 10.1 Å². The Morgan fingerprint density at radius 1 is 0.830 bits per heavy atom. The van der Waals surface area contributed by atoms with E-state index >= 15 is 0 Å². The van der Waals surface area contributed by atoms with E-state index in [4.69, 9.17) is 9.47 Å². The molecule has 1 heterocycles. The van der Waals surface area contributed by atoms with Crippen molar-refractivity contribution >= 4 is 47.7 Å². The molecule has 1 saturated heterocycles. The van der Waals surface area contributed by atoms with Gasteiger partial charge in [-0.2, -0.15) is 0 Å². The first-order valence-electron chi connectivity index (χ1n) is 16.4. The van der Waals surface area contributed by atoms with E-state index in [1.807, 2.05) is 12.1 Å². The van der Waals surface area contributed by atoms with Gasteiger partial charge >= 0.3 is 24.1 Å². The molecule has 1 aliphatic rings. The van der Waals surface area contributed by atoms with Gasteiger partial charge in [0.1, 0.15) is 30.2 Å². The zero-order chi connectivity index (χ0) is 37.7. The molecule has 1 aliphatic heterocycles. The van der Waals surface area contributed by atoms with Crippen molar-refractivity contribution in [2.75, 3.05) is 13.6 Å². The minimum atomic E-state index is -1.22. The first kappa shape index (κ1) is 37.8. The Kier molecular flexibility index (Phi) is 13.0. The number of para-hydroxylation sites is 1. The summed E-state index contributed by atoms with van der Waals surface area (Å²) in [7, 11) is 1.49. The van der Waals surface area contributed by atoms with Gasteiger partial charge < -0.3 is 25.0 Å². The molecule has 0 aromatic heterocycles. The number of carbonyl (C=O) groups is 5. The van der Waals surface area contributed by atoms with E-state index in [2.05, 4.69) is 15.4 Å². The maximum absolute atomic E-state index is 13.6. The summed E-state index contributed by atoms with van der Waals surface area (Å²) in [6.45, 7) is -0.150. The summed E-state index contributed by atoms with van der Waals surface area (Å²) in [6, 6.07) is 27.4. The Morgan fingerprint density at radius 2 is 1.43 bits per heavy atom. The maximum atomic E-state index is 13.6. The van der Waals surface area contributed by atoms with Crippen LogP contribution >= 0.6 is 11.9 Å². The summed E-state index contributed by atoms with van der Waals surface area (Å²) in [6.07, 6.45) is -0.995. The molecule has 15 nitrogen and oxygen atoms in total. The van der Waals surface area contributed by atoms with Crippen LogP contribution in [0.25, 0.3) is 0 Å². The van der Waals surface area contributed by atoms with Gasteiger partial charge in [-0.1, -0.05) is 97.1 Å². The number of ether oxygens (including phenoxy) is 2. The Hall–Kier alpha value is -6.42. The van der Waals surface area contributed by atoms with Crippen molar-refractivity contribution in [3.8, 4) is 0 Å². The average Bonchev–Trinajstić information content (AvgIpc) is 3.39. The van der Waals surface area contributed by atoms with Crippen molar-refractivity contribution in [1.82, 2.24) is 25.2 Å². The highest BCUT2D eigenvalue weighted by atomic mass is 32.2. The highest BCUT2D eigenvalue weighted by Crippen LogP contribution is 2.30. The molecule has 53 heavy (non-hydrogen) atoms. The quantitative estimate of drug-likeness (QED) is 0.0464. The van der Waals surface area contributed by atoms with Crippen LogP contribution in [-0.4, -0.2) is 64.4 Å². The number of urea groups is 2. The van der Waals surface area contributed by atoms with Gasteiger partial charge in [0, 0.05) is 26.2 Å². The average molecular weight is 741 g/mol. The van der Waals surface area contributed by atoms with Gasteiger partial charge in [0.25, 0.3) is 11.6 Å². The Morgan fingerprint density at radius 3 is 2.08 bits per heavy atom. The minimum Gasteiger partial charge on any atom is -0.459 e. The van der Waals surface area contributed by atoms with Crippen LogP contribution in [0.2, 0.25) is 0 Å². The Labute approximate surface area is 308 Å². The zero-order valence-corrected chi connectivity index (χ0v) is 29.3. The van der Waals surface area contributed by atoms with Crippen molar-refractivity contribution in [2.45, 2.75) is 43.2 Å². The molecular weight excluding hydrogens is 705 g/mol. The molecule has 4 aromatic carbocycles. The van der Waals surface area contributed by atoms with Crippen LogP contribution in [0.4, 0.5) is 20.1 Å². The van der Waals surface area contributed by atoms with Gasteiger partial charge in [0.05, 0.1) is 4.92 Å². The van der Waals surface area contributed by atoms with E-state index in [9.17, 15) is 34.1 Å². The number of hydrogen-bond donors (Lipinski definition) is 3. The smallest absolute Gasteiger partial charge is 0.408 e. The lowest BCUT2D eigenvalue weighted by molar-refractivity contribution is -0.387. The normalized spacial score (nSPS) is 14.3. The van der Waals surface area contributed by atoms with E-state index in [1.54, 1.807) is 78.9 Å². The number of amides is 6. The lowest BCUT2D eigenvalue weighted by Crippen LogP contribution is -2.45. The minimum absolute atomic E-state index is 0.0316. The Balaban J connectivity index is 1.16. The summed E-state index contributed by atoms with van der Waals surface area (Å²) in [5, 5.41) is 16.4. The first-order chi connectivity index (χ1) is 25.6. The maximum Gasteiger partial charge on any atom is 0.408 e. The predicted molar refractivity (Wildman–Crippen MR) is 193 cm³/mol. The molecule has 2 atom stereocenters. The molecule has 0 radical (unpaired) electrons. The monoisotopic (exact) mass is 740 g/mol. The molecule has 6 amide bonds. The lowest BCUT2D eigenvalue weighted by Gasteiger charge is -2.20. The van der Waals surface area contributed by atoms with Crippen LogP contribution in [0.3, 0.4) is 0 Å². The number of imide groups is 1. The van der Waals surface area contributed by atoms with E-state index < -0.39 is 47.0 Å². The van der Waals surface area contributed by atoms with Crippen molar-refractivity contribution in [2.24, 2.45) is 0 Å². The number of benzene rings is 4. The number of hydrogen-bond acceptors (Lipinski definition) is 10. The van der Waals surface area contributed by atoms with Gasteiger partial charge in [-0.25, -0.2) is 19.2 Å². The molecule has 1 fully saturated rings. The van der Waals surface area contributed by atoms with Crippen LogP contribution in [0.5, 0.6) is 0 Å². The molecule has 0 bridgehead atoms. The number of nitro benzene ring substituents is 1. The van der Waals surface area contributed by atoms with Crippen LogP contribution < -0.4 is 15.4 Å². The fourth-order valence-corrected chi connectivity index (χ4v) is 6.02. The number of likely N-dealkylation sites (N-methyl/N-ethyl adjacent to an activating group) is 1. The number of nitro groups is 1. The van der Waals surface area contributed by atoms with E-state index in [0.717, 1.165) is 28.0 Å². The molecule has 0 aliphatic carbocycles. The Bertz CT molecular complexity index is 1930. The van der Waals surface area contributed by atoms with E-state index in [-0.39, 0.29) is 43.3 Å². The van der Waals surface area contributed by atoms with Gasteiger partial charge in [-0.15, -0.1) is 0 Å². The van der Waals surface area contributed by atoms with Crippen LogP contribution in [0.1, 0.15) is 34.7 Å². The fraction of sp³-hybridized carbons (Fsp3) is 0.216. The van der Waals surface area contributed by atoms with Gasteiger partial charge in [-0.3, -0.25) is 24.5 Å². The third kappa shape index (κ3) is 10.3. The van der Waals surface area contributed by atoms with Crippen molar-refractivity contribution in [3.63, 3.8) is 0 Å². The van der Waals surface area contributed by atoms with Gasteiger partial charge in [-0.05, 0) is 46.7 Å². The molecule has 5 rings (SSSR count). The standard InChI is InChI=1S/C37H36N6O9S/c1-41-32(28-18-16-25(17-19-28)22-38-35(46)40-53-31-15-9-8-14-30(31)43(49)50)33(44)42(37(41)48)21-20-29(34(45)51-23-26-10-4-2-5-11-26)39-36(47)52-24-27-12-6-3-7-13-27/h2-19,29,32H,20-24H2,1H3,(H,39,47)(H2,38,40,46). The van der Waals surface area contributed by atoms with Gasteiger partial charge in [0.2, 0.25) is 0 Å². The summed E-state index contributed by atoms with van der Waals surface area (Å²) in [5.74, 6) is -1.27. The highest BCUT2D eigenvalue weighted by molar-refractivity contribution is 7.98. The van der Waals surface area contributed by atoms with E-state index in [1.165, 1.54) is 30.1 Å². The second kappa shape index (κ2) is 18.2. The van der Waals surface area contributed by atoms with Crippen molar-refractivity contribution in [1.29, 1.82) is 0 Å². The number of nitrogens with one attached hydrogen (secondary N) is 3. The number of carbonyl (C=O) groups excluding carboxylic acids is 5. The second-order valence-corrected chi connectivity index (χ2v) is 12.6. The number of esters is 1. The molecule has 0 spiro atoms. The van der Waals surface area contributed by atoms with Crippen molar-refractivity contribution in [3.05, 3.63) is 142 Å². The summed E-state index contributed by atoms with van der Waals surface area (Å²) < 4.78 is 13.3. The predicted octanol–water partition coefficient (Wildman–Crippen LogP) is 5.46. The molecule has 3 N–H and O–H groups in total. The molecule has 274 valence electrons. The van der Waals surface area contributed by atoms with Crippen LogP contribution in [0.15, 0.2) is 114 Å². The third-order valence-electron chi connectivity index (χ3n) is 8.14. The number of nitrogens with zero attached hydrogens (tertiary/aromatic N) is 3. The summed E-state index contributed by atoms with van der Waals surface area (Å²) in [5.41, 5.74) is 2.57. The topological polar surface area (TPSA) is 190 Å². The highest BCUT2D eigenvalue weighted by Gasteiger charge is 2.44. The zero-order valence-electron chi connectivity index (χ0n) is 28.5. The number of alkyl carbamates (subject to hydrolysis) is 1. The molecular formula is C37H36N6O9S. The SMILES string of the molecule is CN1C(=O)N(CCC(NC(=O)OCc2ccccc2)C(=O)OCc2ccccc2)C(=O)C1c1ccc(CNC(=O)NSc2ccccc2[N+](=O)[O-])cc1. The molecule has 16 heteroatoms. The van der Waals surface area contributed by atoms with E-state index in [0.29, 0.717) is 11.1 Å². The molecule has 4 aromatic rings. The third-order valence-corrected chi connectivity index (χ3v) is 8.99. The summed E-state index contributed by atoms with van der Waals surface area (Å²) >= 11 is 0.815. The molecule has 2 unspecified atom stereocenters. The molecule has 0 saturated carbocycles. The first-order valence-corrected chi connectivity index (χ1v) is 17.2. The largest absolute Gasteiger partial charge is 0.459 e.